The van der Waals surface area contributed by atoms with Crippen molar-refractivity contribution in [2.75, 3.05) is 11.4 Å². The van der Waals surface area contributed by atoms with Crippen molar-refractivity contribution < 1.29 is 9.18 Å². The summed E-state index contributed by atoms with van der Waals surface area (Å²) >= 11 is 4.24. The van der Waals surface area contributed by atoms with Gasteiger partial charge in [0.25, 0.3) is 0 Å². The Balaban J connectivity index is 2.37. The predicted octanol–water partition coefficient (Wildman–Crippen LogP) is 2.17. The molecule has 0 saturated carbocycles. The minimum absolute atomic E-state index is 0.0115. The van der Waals surface area contributed by atoms with Gasteiger partial charge in [-0.15, -0.1) is 0 Å². The Morgan fingerprint density at radius 2 is 2.27 bits per heavy atom. The predicted molar refractivity (Wildman–Crippen MR) is 60.9 cm³/mol. The summed E-state index contributed by atoms with van der Waals surface area (Å²) in [5, 5.41) is 0.0115. The molecule has 1 aromatic carbocycles. The lowest BCUT2D eigenvalue weighted by Crippen LogP contribution is -2.25. The van der Waals surface area contributed by atoms with E-state index < -0.39 is 0 Å². The molecule has 2 rings (SSSR count). The van der Waals surface area contributed by atoms with Crippen LogP contribution in [0.15, 0.2) is 18.2 Å². The van der Waals surface area contributed by atoms with Crippen molar-refractivity contribution in [1.82, 2.24) is 0 Å². The molecule has 0 aromatic heterocycles. The lowest BCUT2D eigenvalue weighted by atomic mass is 10.2. The number of aryl methyl sites for hydroxylation is 1. The first-order valence-electron chi connectivity index (χ1n) is 4.82. The van der Waals surface area contributed by atoms with Crippen LogP contribution in [0, 0.1) is 12.7 Å². The molecule has 15 heavy (non-hydrogen) atoms. The zero-order chi connectivity index (χ0) is 11.0. The van der Waals surface area contributed by atoms with Crippen LogP contribution in [0.4, 0.5) is 10.1 Å². The highest BCUT2D eigenvalue weighted by Crippen LogP contribution is 2.27. The maximum absolute atomic E-state index is 13.5. The van der Waals surface area contributed by atoms with Crippen molar-refractivity contribution in [2.24, 2.45) is 0 Å². The summed E-state index contributed by atoms with van der Waals surface area (Å²) in [5.41, 5.74) is 1.32. The number of nitrogens with zero attached hydrogens (tertiary/aromatic N) is 1. The Hall–Kier alpha value is -1.03. The third-order valence-corrected chi connectivity index (χ3v) is 2.84. The van der Waals surface area contributed by atoms with Crippen molar-refractivity contribution >= 4 is 24.2 Å². The van der Waals surface area contributed by atoms with E-state index in [4.69, 9.17) is 0 Å². The third kappa shape index (κ3) is 2.00. The SMILES string of the molecule is Cc1ccc(F)c(N2CC(S)CC2=O)c1. The fourth-order valence-corrected chi connectivity index (χ4v) is 2.07. The summed E-state index contributed by atoms with van der Waals surface area (Å²) in [6, 6.07) is 4.78. The van der Waals surface area contributed by atoms with E-state index in [1.165, 1.54) is 11.0 Å². The molecule has 1 atom stereocenters. The first kappa shape index (κ1) is 10.5. The summed E-state index contributed by atoms with van der Waals surface area (Å²) < 4.78 is 13.5. The smallest absolute Gasteiger partial charge is 0.228 e. The third-order valence-electron chi connectivity index (χ3n) is 2.50. The second kappa shape index (κ2) is 3.85. The summed E-state index contributed by atoms with van der Waals surface area (Å²) in [6.07, 6.45) is 0.385. The van der Waals surface area contributed by atoms with Crippen molar-refractivity contribution in [3.63, 3.8) is 0 Å². The Morgan fingerprint density at radius 1 is 1.53 bits per heavy atom. The van der Waals surface area contributed by atoms with Gasteiger partial charge in [-0.05, 0) is 24.6 Å². The normalized spacial score (nSPS) is 21.1. The molecule has 2 nitrogen and oxygen atoms in total. The van der Waals surface area contributed by atoms with Gasteiger partial charge < -0.3 is 4.90 Å². The number of halogens is 1. The monoisotopic (exact) mass is 225 g/mol. The highest BCUT2D eigenvalue weighted by molar-refractivity contribution is 7.81. The molecule has 80 valence electrons. The van der Waals surface area contributed by atoms with E-state index >= 15 is 0 Å². The van der Waals surface area contributed by atoms with Gasteiger partial charge in [-0.1, -0.05) is 6.07 Å². The van der Waals surface area contributed by atoms with Crippen LogP contribution in [0.3, 0.4) is 0 Å². The Bertz CT molecular complexity index is 408. The maximum atomic E-state index is 13.5. The molecule has 0 spiro atoms. The number of rotatable bonds is 1. The van der Waals surface area contributed by atoms with Crippen molar-refractivity contribution in [1.29, 1.82) is 0 Å². The minimum atomic E-state index is -0.351. The van der Waals surface area contributed by atoms with E-state index in [1.807, 2.05) is 6.92 Å². The fraction of sp³-hybridized carbons (Fsp3) is 0.364. The summed E-state index contributed by atoms with van der Waals surface area (Å²) in [7, 11) is 0. The van der Waals surface area contributed by atoms with Gasteiger partial charge in [-0.2, -0.15) is 12.6 Å². The first-order chi connectivity index (χ1) is 7.08. The zero-order valence-electron chi connectivity index (χ0n) is 8.40. The number of hydrogen-bond acceptors (Lipinski definition) is 2. The maximum Gasteiger partial charge on any atom is 0.228 e. The topological polar surface area (TPSA) is 20.3 Å². The molecule has 0 aliphatic carbocycles. The minimum Gasteiger partial charge on any atom is -0.308 e. The molecule has 1 saturated heterocycles. The van der Waals surface area contributed by atoms with Gasteiger partial charge >= 0.3 is 0 Å². The summed E-state index contributed by atoms with van der Waals surface area (Å²) in [5.74, 6) is -0.407. The molecule has 1 heterocycles. The lowest BCUT2D eigenvalue weighted by Gasteiger charge is -2.17. The van der Waals surface area contributed by atoms with Gasteiger partial charge in [0, 0.05) is 18.2 Å². The summed E-state index contributed by atoms with van der Waals surface area (Å²) in [4.78, 5) is 13.0. The lowest BCUT2D eigenvalue weighted by molar-refractivity contribution is -0.117. The molecule has 1 aromatic rings. The Kier molecular flexibility index (Phi) is 2.69. The van der Waals surface area contributed by atoms with Gasteiger partial charge in [0.15, 0.2) is 0 Å². The number of hydrogen-bond donors (Lipinski definition) is 1. The number of thiol groups is 1. The van der Waals surface area contributed by atoms with Gasteiger partial charge in [-0.25, -0.2) is 4.39 Å². The molecule has 1 aliphatic heterocycles. The molecular weight excluding hydrogens is 213 g/mol. The average Bonchev–Trinajstić information content (AvgIpc) is 2.50. The Labute approximate surface area is 93.5 Å². The molecule has 4 heteroatoms. The van der Waals surface area contributed by atoms with E-state index in [1.54, 1.807) is 12.1 Å². The standard InChI is InChI=1S/C11H12FNOS/c1-7-2-3-9(12)10(4-7)13-6-8(15)5-11(13)14/h2-4,8,15H,5-6H2,1H3. The quantitative estimate of drug-likeness (QED) is 0.726. The van der Waals surface area contributed by atoms with Crippen LogP contribution in [0.25, 0.3) is 0 Å². The molecule has 1 amide bonds. The van der Waals surface area contributed by atoms with Crippen LogP contribution in [-0.4, -0.2) is 17.7 Å². The van der Waals surface area contributed by atoms with E-state index in [0.717, 1.165) is 5.56 Å². The number of amides is 1. The average molecular weight is 225 g/mol. The second-order valence-corrected chi connectivity index (χ2v) is 4.55. The fourth-order valence-electron chi connectivity index (χ4n) is 1.75. The number of carbonyl (C=O) groups excluding carboxylic acids is 1. The van der Waals surface area contributed by atoms with Crippen LogP contribution in [0.5, 0.6) is 0 Å². The van der Waals surface area contributed by atoms with Crippen molar-refractivity contribution in [3.05, 3.63) is 29.6 Å². The van der Waals surface area contributed by atoms with E-state index in [0.29, 0.717) is 18.7 Å². The molecule has 0 N–H and O–H groups in total. The van der Waals surface area contributed by atoms with Crippen LogP contribution in [-0.2, 0) is 4.79 Å². The van der Waals surface area contributed by atoms with Crippen LogP contribution >= 0.6 is 12.6 Å². The van der Waals surface area contributed by atoms with E-state index in [-0.39, 0.29) is 17.0 Å². The van der Waals surface area contributed by atoms with E-state index in [9.17, 15) is 9.18 Å². The van der Waals surface area contributed by atoms with Crippen molar-refractivity contribution in [2.45, 2.75) is 18.6 Å². The molecule has 1 unspecified atom stereocenters. The zero-order valence-corrected chi connectivity index (χ0v) is 9.30. The van der Waals surface area contributed by atoms with Gasteiger partial charge in [0.2, 0.25) is 5.91 Å². The Morgan fingerprint density at radius 3 is 2.87 bits per heavy atom. The second-order valence-electron chi connectivity index (χ2n) is 3.82. The first-order valence-corrected chi connectivity index (χ1v) is 5.34. The van der Waals surface area contributed by atoms with Gasteiger partial charge in [0.1, 0.15) is 5.82 Å². The number of carbonyl (C=O) groups is 1. The molecule has 1 aliphatic rings. The van der Waals surface area contributed by atoms with Crippen LogP contribution in [0.1, 0.15) is 12.0 Å². The molecular formula is C11H12FNOS. The number of anilines is 1. The molecule has 0 bridgehead atoms. The van der Waals surface area contributed by atoms with Gasteiger partial charge in [-0.3, -0.25) is 4.79 Å². The largest absolute Gasteiger partial charge is 0.308 e. The number of benzene rings is 1. The highest BCUT2D eigenvalue weighted by Gasteiger charge is 2.29. The van der Waals surface area contributed by atoms with Crippen LogP contribution < -0.4 is 4.90 Å². The van der Waals surface area contributed by atoms with Crippen molar-refractivity contribution in [3.8, 4) is 0 Å². The highest BCUT2D eigenvalue weighted by atomic mass is 32.1. The molecule has 1 fully saturated rings. The summed E-state index contributed by atoms with van der Waals surface area (Å²) in [6.45, 7) is 2.37. The van der Waals surface area contributed by atoms with Crippen LogP contribution in [0.2, 0.25) is 0 Å². The molecule has 0 radical (unpaired) electrons. The van der Waals surface area contributed by atoms with Gasteiger partial charge in [0.05, 0.1) is 5.69 Å². The van der Waals surface area contributed by atoms with E-state index in [2.05, 4.69) is 12.6 Å².